The lowest BCUT2D eigenvalue weighted by Gasteiger charge is -2.06. The number of aromatic nitrogens is 5. The van der Waals surface area contributed by atoms with Gasteiger partial charge in [-0.25, -0.2) is 14.6 Å². The maximum atomic E-state index is 12.6. The number of aryl methyl sites for hydroxylation is 1. The minimum atomic E-state index is -0.967. The maximum absolute atomic E-state index is 12.6. The summed E-state index contributed by atoms with van der Waals surface area (Å²) in [7, 11) is 2.94. The molecule has 0 saturated carbocycles. The van der Waals surface area contributed by atoms with Gasteiger partial charge in [-0.1, -0.05) is 12.1 Å². The van der Waals surface area contributed by atoms with Gasteiger partial charge in [0, 0.05) is 25.9 Å². The zero-order valence-electron chi connectivity index (χ0n) is 16.0. The Bertz CT molecular complexity index is 1400. The van der Waals surface area contributed by atoms with Crippen LogP contribution in [-0.4, -0.2) is 34.7 Å². The largest absolute Gasteiger partial charge is 0.478 e. The number of carboxylic acids is 1. The van der Waals surface area contributed by atoms with E-state index in [1.807, 2.05) is 5.38 Å². The number of hydrogen-bond donors (Lipinski definition) is 1. The number of imidazole rings is 1. The summed E-state index contributed by atoms with van der Waals surface area (Å²) in [5, 5.41) is 11.8. The summed E-state index contributed by atoms with van der Waals surface area (Å²) in [5.74, 6) is -0.967. The van der Waals surface area contributed by atoms with Crippen molar-refractivity contribution in [1.29, 1.82) is 0 Å². The van der Waals surface area contributed by atoms with Crippen molar-refractivity contribution in [2.75, 3.05) is 0 Å². The number of hydrogen-bond acceptors (Lipinski definition) is 6. The summed E-state index contributed by atoms with van der Waals surface area (Å²) in [6.07, 6.45) is 0.555. The van der Waals surface area contributed by atoms with E-state index in [-0.39, 0.29) is 28.6 Å². The first-order valence-corrected chi connectivity index (χ1v) is 10.1. The molecule has 0 spiro atoms. The Hall–Kier alpha value is -3.24. The number of nitrogens with zero attached hydrogens (tertiary/aromatic N) is 5. The van der Waals surface area contributed by atoms with E-state index in [9.17, 15) is 14.4 Å². The van der Waals surface area contributed by atoms with Crippen LogP contribution in [0.1, 0.15) is 26.6 Å². The number of carbonyl (C=O) groups is 1. The van der Waals surface area contributed by atoms with E-state index in [0.717, 1.165) is 15.1 Å². The molecule has 0 fully saturated rings. The number of aromatic carboxylic acids is 1. The standard InChI is InChI=1S/C19H16ClN5O4S/c1-23-15-14(16(26)24(2)19(23)29)25(18(20)22-15)8-12-9-30-13(21-12)7-10-3-5-11(6-4-10)17(27)28/h3-6,9H,7-8H2,1-2H3,(H,27,28). The molecule has 0 unspecified atom stereocenters. The highest BCUT2D eigenvalue weighted by atomic mass is 35.5. The fourth-order valence-electron chi connectivity index (χ4n) is 3.17. The minimum Gasteiger partial charge on any atom is -0.478 e. The van der Waals surface area contributed by atoms with Gasteiger partial charge in [-0.05, 0) is 29.3 Å². The highest BCUT2D eigenvalue weighted by molar-refractivity contribution is 7.09. The van der Waals surface area contributed by atoms with Crippen molar-refractivity contribution in [3.8, 4) is 0 Å². The lowest BCUT2D eigenvalue weighted by Crippen LogP contribution is -2.37. The van der Waals surface area contributed by atoms with Crippen LogP contribution in [0.3, 0.4) is 0 Å². The molecule has 0 aliphatic heterocycles. The Labute approximate surface area is 178 Å². The predicted molar refractivity (Wildman–Crippen MR) is 113 cm³/mol. The van der Waals surface area contributed by atoms with Crippen LogP contribution in [0, 0.1) is 0 Å². The zero-order chi connectivity index (χ0) is 21.6. The Balaban J connectivity index is 1.63. The fourth-order valence-corrected chi connectivity index (χ4v) is 4.21. The summed E-state index contributed by atoms with van der Waals surface area (Å²) in [6.45, 7) is 0.233. The van der Waals surface area contributed by atoms with Crippen LogP contribution < -0.4 is 11.2 Å². The van der Waals surface area contributed by atoms with Crippen molar-refractivity contribution in [3.05, 3.63) is 77.6 Å². The molecule has 4 aromatic rings. The zero-order valence-corrected chi connectivity index (χ0v) is 17.6. The number of benzene rings is 1. The normalized spacial score (nSPS) is 11.3. The van der Waals surface area contributed by atoms with Crippen molar-refractivity contribution < 1.29 is 9.90 Å². The molecule has 0 amide bonds. The summed E-state index contributed by atoms with van der Waals surface area (Å²) in [5.41, 5.74) is 1.40. The molecule has 3 aromatic heterocycles. The van der Waals surface area contributed by atoms with Crippen LogP contribution in [0.5, 0.6) is 0 Å². The predicted octanol–water partition coefficient (Wildman–Crippen LogP) is 1.88. The Morgan fingerprint density at radius 3 is 2.50 bits per heavy atom. The lowest BCUT2D eigenvalue weighted by atomic mass is 10.1. The van der Waals surface area contributed by atoms with Crippen LogP contribution in [0.25, 0.3) is 11.2 Å². The Kier molecular flexibility index (Phi) is 5.04. The van der Waals surface area contributed by atoms with Crippen LogP contribution in [0.4, 0.5) is 0 Å². The third kappa shape index (κ3) is 3.44. The van der Waals surface area contributed by atoms with Gasteiger partial charge in [-0.2, -0.15) is 4.98 Å². The molecule has 0 aliphatic carbocycles. The van der Waals surface area contributed by atoms with Crippen LogP contribution in [-0.2, 0) is 27.1 Å². The second-order valence-electron chi connectivity index (χ2n) is 6.76. The highest BCUT2D eigenvalue weighted by Crippen LogP contribution is 2.20. The Morgan fingerprint density at radius 1 is 1.13 bits per heavy atom. The van der Waals surface area contributed by atoms with E-state index >= 15 is 0 Å². The molecule has 0 aliphatic rings. The van der Waals surface area contributed by atoms with Crippen molar-refractivity contribution in [3.63, 3.8) is 0 Å². The molecule has 11 heteroatoms. The van der Waals surface area contributed by atoms with E-state index in [2.05, 4.69) is 9.97 Å². The first-order valence-electron chi connectivity index (χ1n) is 8.83. The molecule has 1 aromatic carbocycles. The van der Waals surface area contributed by atoms with Crippen LogP contribution in [0.2, 0.25) is 5.28 Å². The van der Waals surface area contributed by atoms with Gasteiger partial charge in [0.15, 0.2) is 11.2 Å². The molecule has 30 heavy (non-hydrogen) atoms. The van der Waals surface area contributed by atoms with Gasteiger partial charge in [-0.3, -0.25) is 13.9 Å². The van der Waals surface area contributed by atoms with Gasteiger partial charge in [0.05, 0.1) is 22.8 Å². The van der Waals surface area contributed by atoms with Gasteiger partial charge in [0.25, 0.3) is 5.56 Å². The monoisotopic (exact) mass is 445 g/mol. The molecular weight excluding hydrogens is 430 g/mol. The van der Waals surface area contributed by atoms with E-state index in [1.54, 1.807) is 28.8 Å². The summed E-state index contributed by atoms with van der Waals surface area (Å²) in [4.78, 5) is 44.5. The fraction of sp³-hybridized carbons (Fsp3) is 0.211. The first-order chi connectivity index (χ1) is 14.3. The van der Waals surface area contributed by atoms with Gasteiger partial charge in [0.2, 0.25) is 5.28 Å². The van der Waals surface area contributed by atoms with Gasteiger partial charge in [0.1, 0.15) is 0 Å². The van der Waals surface area contributed by atoms with Crippen molar-refractivity contribution in [2.45, 2.75) is 13.0 Å². The average molecular weight is 446 g/mol. The van der Waals surface area contributed by atoms with Crippen molar-refractivity contribution in [2.24, 2.45) is 14.1 Å². The third-order valence-corrected chi connectivity index (χ3v) is 5.96. The van der Waals surface area contributed by atoms with Gasteiger partial charge >= 0.3 is 11.7 Å². The number of thiazole rings is 1. The third-order valence-electron chi connectivity index (χ3n) is 4.78. The molecule has 154 valence electrons. The van der Waals surface area contributed by atoms with Crippen LogP contribution in [0.15, 0.2) is 39.2 Å². The van der Waals surface area contributed by atoms with Gasteiger partial charge < -0.3 is 9.67 Å². The number of halogens is 1. The SMILES string of the molecule is Cn1c(=O)c2c(nc(Cl)n2Cc2csc(Cc3ccc(C(=O)O)cc3)n2)n(C)c1=O. The highest BCUT2D eigenvalue weighted by Gasteiger charge is 2.19. The average Bonchev–Trinajstić information content (AvgIpc) is 3.30. The molecule has 0 saturated heterocycles. The number of rotatable bonds is 5. The number of fused-ring (bicyclic) bond motifs is 1. The second kappa shape index (κ2) is 7.54. The maximum Gasteiger partial charge on any atom is 0.335 e. The van der Waals surface area contributed by atoms with E-state index < -0.39 is 17.2 Å². The van der Waals surface area contributed by atoms with E-state index in [0.29, 0.717) is 12.1 Å². The molecule has 1 N–H and O–H groups in total. The molecule has 3 heterocycles. The topological polar surface area (TPSA) is 112 Å². The van der Waals surface area contributed by atoms with Crippen LogP contribution >= 0.6 is 22.9 Å². The first kappa shape index (κ1) is 20.0. The molecule has 0 radical (unpaired) electrons. The molecule has 9 nitrogen and oxygen atoms in total. The van der Waals surface area contributed by atoms with E-state index in [1.165, 1.54) is 30.0 Å². The van der Waals surface area contributed by atoms with Gasteiger partial charge in [-0.15, -0.1) is 11.3 Å². The molecular formula is C19H16ClN5O4S. The van der Waals surface area contributed by atoms with Crippen molar-refractivity contribution in [1.82, 2.24) is 23.7 Å². The Morgan fingerprint density at radius 2 is 1.83 bits per heavy atom. The number of carboxylic acid groups (broad SMARTS) is 1. The summed E-state index contributed by atoms with van der Waals surface area (Å²) in [6, 6.07) is 6.64. The minimum absolute atomic E-state index is 0.0992. The smallest absolute Gasteiger partial charge is 0.335 e. The second-order valence-corrected chi connectivity index (χ2v) is 8.04. The molecule has 0 bridgehead atoms. The van der Waals surface area contributed by atoms with Crippen molar-refractivity contribution >= 4 is 40.1 Å². The lowest BCUT2D eigenvalue weighted by molar-refractivity contribution is 0.0697. The summed E-state index contributed by atoms with van der Waals surface area (Å²) < 4.78 is 3.84. The summed E-state index contributed by atoms with van der Waals surface area (Å²) >= 11 is 7.72. The molecule has 4 rings (SSSR count). The quantitative estimate of drug-likeness (QED) is 0.469. The van der Waals surface area contributed by atoms with E-state index in [4.69, 9.17) is 16.7 Å². The molecule has 0 atom stereocenters.